The number of nitrogens with one attached hydrogen (secondary N) is 1. The summed E-state index contributed by atoms with van der Waals surface area (Å²) in [5, 5.41) is 7.33. The van der Waals surface area contributed by atoms with E-state index in [1.165, 1.54) is 0 Å². The molecule has 5 heteroatoms. The van der Waals surface area contributed by atoms with Crippen LogP contribution in [0.15, 0.2) is 42.6 Å². The molecule has 1 heterocycles. The number of aromatic nitrogens is 1. The third kappa shape index (κ3) is 3.06. The fourth-order valence-electron chi connectivity index (χ4n) is 1.95. The molecule has 2 rings (SSSR count). The van der Waals surface area contributed by atoms with Crippen LogP contribution in [0.4, 0.5) is 5.69 Å². The lowest BCUT2D eigenvalue weighted by molar-refractivity contribution is 0.409. The Labute approximate surface area is 118 Å². The molecule has 0 amide bonds. The third-order valence-electron chi connectivity index (χ3n) is 3.06. The van der Waals surface area contributed by atoms with Crippen molar-refractivity contribution in [2.24, 2.45) is 5.73 Å². The monoisotopic (exact) mass is 270 g/mol. The van der Waals surface area contributed by atoms with Crippen LogP contribution < -0.4 is 15.4 Å². The number of ether oxygens (including phenoxy) is 1. The van der Waals surface area contributed by atoms with Gasteiger partial charge in [0.15, 0.2) is 0 Å². The summed E-state index contributed by atoms with van der Waals surface area (Å²) in [7, 11) is 3.65. The van der Waals surface area contributed by atoms with Crippen LogP contribution in [0.25, 0.3) is 0 Å². The summed E-state index contributed by atoms with van der Waals surface area (Å²) in [6, 6.07) is 11.6. The van der Waals surface area contributed by atoms with Crippen LogP contribution in [0.3, 0.4) is 0 Å². The normalized spacial score (nSPS) is 10.1. The highest BCUT2D eigenvalue weighted by molar-refractivity contribution is 5.93. The molecule has 0 aliphatic rings. The van der Waals surface area contributed by atoms with Crippen molar-refractivity contribution in [3.05, 3.63) is 53.9 Å². The Morgan fingerprint density at radius 3 is 2.65 bits per heavy atom. The zero-order valence-corrected chi connectivity index (χ0v) is 11.6. The van der Waals surface area contributed by atoms with Gasteiger partial charge in [-0.2, -0.15) is 0 Å². The van der Waals surface area contributed by atoms with Crippen LogP contribution in [0, 0.1) is 5.41 Å². The van der Waals surface area contributed by atoms with Gasteiger partial charge in [-0.3, -0.25) is 10.4 Å². The molecule has 0 saturated heterocycles. The number of nitrogens with two attached hydrogens (primary N) is 1. The van der Waals surface area contributed by atoms with Crippen LogP contribution >= 0.6 is 0 Å². The van der Waals surface area contributed by atoms with Gasteiger partial charge in [0.25, 0.3) is 0 Å². The first-order valence-electron chi connectivity index (χ1n) is 6.25. The summed E-state index contributed by atoms with van der Waals surface area (Å²) in [4.78, 5) is 6.23. The zero-order chi connectivity index (χ0) is 14.5. The van der Waals surface area contributed by atoms with E-state index in [2.05, 4.69) is 9.88 Å². The second-order valence-corrected chi connectivity index (χ2v) is 4.48. The summed E-state index contributed by atoms with van der Waals surface area (Å²) < 4.78 is 5.35. The van der Waals surface area contributed by atoms with Gasteiger partial charge in [0.2, 0.25) is 0 Å². The van der Waals surface area contributed by atoms with Gasteiger partial charge in [-0.25, -0.2) is 0 Å². The highest BCUT2D eigenvalue weighted by atomic mass is 16.5. The molecule has 3 N–H and O–H groups in total. The van der Waals surface area contributed by atoms with Crippen molar-refractivity contribution in [3.8, 4) is 5.75 Å². The molecule has 0 atom stereocenters. The lowest BCUT2D eigenvalue weighted by Gasteiger charge is -2.20. The Bertz CT molecular complexity index is 595. The fraction of sp³-hybridized carbons (Fsp3) is 0.200. The predicted molar refractivity (Wildman–Crippen MR) is 80.4 cm³/mol. The maximum atomic E-state index is 7.33. The molecular weight excluding hydrogens is 252 g/mol. The molecule has 104 valence electrons. The predicted octanol–water partition coefficient (Wildman–Crippen LogP) is 2.01. The minimum absolute atomic E-state index is 0.0241. The standard InChI is InChI=1S/C15H18N4O/c1-19(10-11-5-3-4-6-14(11)20-2)12-7-8-13(15(16)17)18-9-12/h3-9H,10H2,1-2H3,(H3,16,17). The molecule has 1 aromatic carbocycles. The van der Waals surface area contributed by atoms with Gasteiger partial charge in [-0.05, 0) is 18.2 Å². The third-order valence-corrected chi connectivity index (χ3v) is 3.06. The first-order valence-corrected chi connectivity index (χ1v) is 6.25. The van der Waals surface area contributed by atoms with Crippen molar-refractivity contribution in [3.63, 3.8) is 0 Å². The van der Waals surface area contributed by atoms with Crippen molar-refractivity contribution in [2.45, 2.75) is 6.54 Å². The summed E-state index contributed by atoms with van der Waals surface area (Å²) in [6.07, 6.45) is 1.71. The molecular formula is C15H18N4O. The molecule has 0 aliphatic carbocycles. The maximum absolute atomic E-state index is 7.33. The first kappa shape index (κ1) is 13.9. The zero-order valence-electron chi connectivity index (χ0n) is 11.6. The molecule has 0 spiro atoms. The van der Waals surface area contributed by atoms with Gasteiger partial charge in [-0.1, -0.05) is 18.2 Å². The molecule has 0 radical (unpaired) electrons. The number of rotatable bonds is 5. The van der Waals surface area contributed by atoms with E-state index in [1.807, 2.05) is 37.4 Å². The van der Waals surface area contributed by atoms with E-state index in [1.54, 1.807) is 19.4 Å². The number of anilines is 1. The van der Waals surface area contributed by atoms with Crippen LogP contribution in [0.5, 0.6) is 5.75 Å². The number of nitrogens with zero attached hydrogens (tertiary/aromatic N) is 2. The van der Waals surface area contributed by atoms with E-state index in [-0.39, 0.29) is 5.84 Å². The number of benzene rings is 1. The van der Waals surface area contributed by atoms with E-state index in [0.717, 1.165) is 17.0 Å². The lowest BCUT2D eigenvalue weighted by Crippen LogP contribution is -2.18. The van der Waals surface area contributed by atoms with Crippen LogP contribution in [-0.2, 0) is 6.54 Å². The average molecular weight is 270 g/mol. The molecule has 0 bridgehead atoms. The summed E-state index contributed by atoms with van der Waals surface area (Å²) in [6.45, 7) is 0.713. The van der Waals surface area contributed by atoms with Gasteiger partial charge >= 0.3 is 0 Å². The van der Waals surface area contributed by atoms with Crippen molar-refractivity contribution >= 4 is 11.5 Å². The van der Waals surface area contributed by atoms with Crippen LogP contribution in [0.1, 0.15) is 11.3 Å². The molecule has 1 aromatic heterocycles. The van der Waals surface area contributed by atoms with Gasteiger partial charge in [0, 0.05) is 19.2 Å². The molecule has 0 aliphatic heterocycles. The number of amidine groups is 1. The van der Waals surface area contributed by atoms with Gasteiger partial charge in [0.05, 0.1) is 19.0 Å². The van der Waals surface area contributed by atoms with E-state index in [0.29, 0.717) is 12.2 Å². The van der Waals surface area contributed by atoms with E-state index in [9.17, 15) is 0 Å². The number of para-hydroxylation sites is 1. The smallest absolute Gasteiger partial charge is 0.141 e. The second-order valence-electron chi connectivity index (χ2n) is 4.48. The van der Waals surface area contributed by atoms with Crippen molar-refractivity contribution in [1.82, 2.24) is 4.98 Å². The number of methoxy groups -OCH3 is 1. The Morgan fingerprint density at radius 1 is 1.30 bits per heavy atom. The van der Waals surface area contributed by atoms with Gasteiger partial charge in [0.1, 0.15) is 17.3 Å². The van der Waals surface area contributed by atoms with E-state index < -0.39 is 0 Å². The topological polar surface area (TPSA) is 75.2 Å². The number of nitrogen functional groups attached to an aromatic ring is 1. The van der Waals surface area contributed by atoms with Gasteiger partial charge < -0.3 is 15.4 Å². The Morgan fingerprint density at radius 2 is 2.05 bits per heavy atom. The van der Waals surface area contributed by atoms with E-state index in [4.69, 9.17) is 15.9 Å². The molecule has 2 aromatic rings. The molecule has 0 saturated carbocycles. The van der Waals surface area contributed by atoms with Crippen LogP contribution in [-0.4, -0.2) is 25.0 Å². The first-order chi connectivity index (χ1) is 9.61. The van der Waals surface area contributed by atoms with Gasteiger partial charge in [-0.15, -0.1) is 0 Å². The SMILES string of the molecule is COc1ccccc1CN(C)c1ccc(C(=N)N)nc1. The van der Waals surface area contributed by atoms with Crippen LogP contribution in [0.2, 0.25) is 0 Å². The van der Waals surface area contributed by atoms with Crippen molar-refractivity contribution in [1.29, 1.82) is 5.41 Å². The Kier molecular flexibility index (Phi) is 4.20. The highest BCUT2D eigenvalue weighted by Crippen LogP contribution is 2.21. The summed E-state index contributed by atoms with van der Waals surface area (Å²) >= 11 is 0. The highest BCUT2D eigenvalue weighted by Gasteiger charge is 2.07. The fourth-order valence-corrected chi connectivity index (χ4v) is 1.95. The minimum atomic E-state index is -0.0241. The summed E-state index contributed by atoms with van der Waals surface area (Å²) in [5.41, 5.74) is 7.94. The molecule has 0 unspecified atom stereocenters. The van der Waals surface area contributed by atoms with Crippen molar-refractivity contribution < 1.29 is 4.74 Å². The average Bonchev–Trinajstić information content (AvgIpc) is 2.48. The number of pyridine rings is 1. The summed E-state index contributed by atoms with van der Waals surface area (Å²) in [5.74, 6) is 0.844. The Balaban J connectivity index is 2.15. The minimum Gasteiger partial charge on any atom is -0.496 e. The van der Waals surface area contributed by atoms with Crippen molar-refractivity contribution in [2.75, 3.05) is 19.1 Å². The number of hydrogen-bond donors (Lipinski definition) is 2. The maximum Gasteiger partial charge on any atom is 0.141 e. The largest absolute Gasteiger partial charge is 0.496 e. The molecule has 20 heavy (non-hydrogen) atoms. The number of hydrogen-bond acceptors (Lipinski definition) is 4. The quantitative estimate of drug-likeness (QED) is 0.643. The lowest BCUT2D eigenvalue weighted by atomic mass is 10.2. The molecule has 5 nitrogen and oxygen atoms in total. The second kappa shape index (κ2) is 6.06. The van der Waals surface area contributed by atoms with E-state index >= 15 is 0 Å². The molecule has 0 fully saturated rings. The Hall–Kier alpha value is -2.56.